The van der Waals surface area contributed by atoms with E-state index in [0.29, 0.717) is 28.6 Å². The van der Waals surface area contributed by atoms with E-state index < -0.39 is 53.6 Å². The number of aliphatic hydroxyl groups is 1. The first-order chi connectivity index (χ1) is 22.6. The number of cyclic esters (lactones) is 1. The third kappa shape index (κ3) is 5.72. The summed E-state index contributed by atoms with van der Waals surface area (Å²) in [6.07, 6.45) is 4.85. The van der Waals surface area contributed by atoms with Crippen LogP contribution in [0, 0.1) is 25.7 Å². The molecule has 1 spiro atoms. The van der Waals surface area contributed by atoms with Crippen LogP contribution in [0.1, 0.15) is 49.0 Å². The number of rotatable bonds is 5. The highest BCUT2D eigenvalue weighted by atomic mass is 79.9. The Labute approximate surface area is 282 Å². The van der Waals surface area contributed by atoms with Gasteiger partial charge in [-0.1, -0.05) is 83.5 Å². The second-order valence-corrected chi connectivity index (χ2v) is 13.6. The second kappa shape index (κ2) is 13.4. The van der Waals surface area contributed by atoms with Crippen LogP contribution >= 0.6 is 15.9 Å². The third-order valence-corrected chi connectivity index (χ3v) is 10.5. The van der Waals surface area contributed by atoms with Crippen molar-refractivity contribution in [1.82, 2.24) is 10.2 Å². The minimum Gasteiger partial charge on any atom is -0.455 e. The monoisotopic (exact) mass is 705 g/mol. The van der Waals surface area contributed by atoms with E-state index >= 15 is 4.79 Å². The third-order valence-electron chi connectivity index (χ3n) is 9.83. The summed E-state index contributed by atoms with van der Waals surface area (Å²) in [4.78, 5) is 59.9. The topological polar surface area (TPSA) is 125 Å². The first-order valence-corrected chi connectivity index (χ1v) is 17.0. The fourth-order valence-corrected chi connectivity index (χ4v) is 8.34. The molecule has 7 atom stereocenters. The van der Waals surface area contributed by atoms with Gasteiger partial charge >= 0.3 is 5.97 Å². The molecule has 2 N–H and O–H groups in total. The summed E-state index contributed by atoms with van der Waals surface area (Å²) < 4.78 is 13.3. The molecule has 0 radical (unpaired) electrons. The van der Waals surface area contributed by atoms with Crippen LogP contribution in [0.5, 0.6) is 0 Å². The van der Waals surface area contributed by atoms with Gasteiger partial charge < -0.3 is 29.7 Å². The number of ether oxygens (including phenoxy) is 2. The van der Waals surface area contributed by atoms with E-state index in [1.54, 1.807) is 11.0 Å². The van der Waals surface area contributed by atoms with E-state index in [1.807, 2.05) is 81.5 Å². The van der Waals surface area contributed by atoms with Crippen molar-refractivity contribution in [2.45, 2.75) is 69.9 Å². The summed E-state index contributed by atoms with van der Waals surface area (Å²) >= 11 is 3.60. The van der Waals surface area contributed by atoms with E-state index in [4.69, 9.17) is 9.47 Å². The van der Waals surface area contributed by atoms with Gasteiger partial charge in [0.25, 0.3) is 5.91 Å². The molecule has 4 aliphatic rings. The molecule has 2 fully saturated rings. The Kier molecular flexibility index (Phi) is 9.42. The number of benzene rings is 2. The highest BCUT2D eigenvalue weighted by Gasteiger charge is 2.75. The molecule has 0 saturated carbocycles. The predicted molar refractivity (Wildman–Crippen MR) is 178 cm³/mol. The number of nitrogens with one attached hydrogen (secondary N) is 1. The number of para-hydroxylation sites is 1. The number of aryl methyl sites for hydroxylation is 2. The minimum atomic E-state index is -1.48. The minimum absolute atomic E-state index is 0.0489. The number of carbonyl (C=O) groups is 4. The van der Waals surface area contributed by atoms with Crippen molar-refractivity contribution >= 4 is 45.3 Å². The average Bonchev–Trinajstić information content (AvgIpc) is 3.65. The fourth-order valence-electron chi connectivity index (χ4n) is 7.60. The number of anilines is 1. The van der Waals surface area contributed by atoms with Gasteiger partial charge in [-0.25, -0.2) is 0 Å². The number of hydrogen-bond donors (Lipinski definition) is 2. The van der Waals surface area contributed by atoms with Crippen molar-refractivity contribution < 1.29 is 33.8 Å². The number of hydrogen-bond acceptors (Lipinski definition) is 7. The highest BCUT2D eigenvalue weighted by Crippen LogP contribution is 2.59. The van der Waals surface area contributed by atoms with E-state index in [9.17, 15) is 19.5 Å². The van der Waals surface area contributed by atoms with Crippen LogP contribution in [0.3, 0.4) is 0 Å². The Bertz CT molecular complexity index is 1600. The Morgan fingerprint density at radius 2 is 1.74 bits per heavy atom. The molecule has 2 saturated heterocycles. The van der Waals surface area contributed by atoms with Gasteiger partial charge in [0.15, 0.2) is 0 Å². The zero-order valence-electron chi connectivity index (χ0n) is 26.7. The van der Waals surface area contributed by atoms with Crippen molar-refractivity contribution in [3.05, 3.63) is 87.9 Å². The normalized spacial score (nSPS) is 30.9. The molecule has 10 nitrogen and oxygen atoms in total. The van der Waals surface area contributed by atoms with Crippen LogP contribution in [0.15, 0.2) is 71.2 Å². The van der Waals surface area contributed by atoms with Gasteiger partial charge in [-0.3, -0.25) is 19.2 Å². The molecule has 6 rings (SSSR count). The molecule has 47 heavy (non-hydrogen) atoms. The van der Waals surface area contributed by atoms with Crippen LogP contribution in [0.4, 0.5) is 5.69 Å². The Hall–Kier alpha value is -3.80. The smallest absolute Gasteiger partial charge is 0.313 e. The number of fused-ring (bicyclic) bond motifs is 2. The maximum Gasteiger partial charge on any atom is 0.313 e. The molecular weight excluding hydrogens is 666 g/mol. The molecule has 11 heteroatoms. The Balaban J connectivity index is 1.50. The molecule has 0 aromatic heterocycles. The summed E-state index contributed by atoms with van der Waals surface area (Å²) in [6.45, 7) is 5.57. The standard InChI is InChI=1S/C36H40BrN3O7/c1-4-24(20-41)40-32-34(44)39(30-21(2)12-11-13-22(30)3)17-10-6-9-16-27(42)38-19-26(23-14-7-5-8-15-23)46-35(45)28-29(33(40)43)36(32)18-25(37)31(28)47-36/h5-8,10-15,18,24,26,28-29,31-32,41H,4,9,16-17,19-20H2,1-3H3,(H,38,42)/b10-6-/t24-,26-,28-,29+,31-,32-,36+/m0/s1. The van der Waals surface area contributed by atoms with E-state index in [0.717, 1.165) is 11.1 Å². The lowest BCUT2D eigenvalue weighted by Gasteiger charge is -2.39. The van der Waals surface area contributed by atoms with Gasteiger partial charge in [0.05, 0.1) is 25.1 Å². The summed E-state index contributed by atoms with van der Waals surface area (Å²) in [5.41, 5.74) is 1.66. The van der Waals surface area contributed by atoms with E-state index in [1.165, 1.54) is 4.90 Å². The van der Waals surface area contributed by atoms with Crippen LogP contribution in [-0.4, -0.2) is 77.2 Å². The largest absolute Gasteiger partial charge is 0.455 e. The highest BCUT2D eigenvalue weighted by molar-refractivity contribution is 9.11. The Morgan fingerprint density at radius 1 is 1.02 bits per heavy atom. The van der Waals surface area contributed by atoms with Gasteiger partial charge in [-0.05, 0) is 49.5 Å². The zero-order valence-corrected chi connectivity index (χ0v) is 28.3. The first-order valence-electron chi connectivity index (χ1n) is 16.2. The summed E-state index contributed by atoms with van der Waals surface area (Å²) in [6, 6.07) is 13.1. The number of allylic oxidation sites excluding steroid dienone is 1. The lowest BCUT2D eigenvalue weighted by Crippen LogP contribution is -2.58. The lowest BCUT2D eigenvalue weighted by molar-refractivity contribution is -0.160. The quantitative estimate of drug-likeness (QED) is 0.356. The number of esters is 1. The number of nitrogens with zero attached hydrogens (tertiary/aromatic N) is 2. The maximum atomic E-state index is 15.1. The summed E-state index contributed by atoms with van der Waals surface area (Å²) in [5.74, 6) is -3.81. The summed E-state index contributed by atoms with van der Waals surface area (Å²) in [7, 11) is 0. The zero-order chi connectivity index (χ0) is 33.5. The maximum absolute atomic E-state index is 15.1. The van der Waals surface area contributed by atoms with Crippen LogP contribution in [0.25, 0.3) is 0 Å². The van der Waals surface area contributed by atoms with Crippen LogP contribution in [0.2, 0.25) is 0 Å². The molecule has 248 valence electrons. The molecule has 0 aliphatic carbocycles. The molecule has 4 heterocycles. The van der Waals surface area contributed by atoms with Gasteiger partial charge in [0.1, 0.15) is 29.8 Å². The summed E-state index contributed by atoms with van der Waals surface area (Å²) in [5, 5.41) is 13.4. The van der Waals surface area contributed by atoms with Crippen molar-refractivity contribution in [1.29, 1.82) is 0 Å². The van der Waals surface area contributed by atoms with Gasteiger partial charge in [0.2, 0.25) is 11.8 Å². The fraction of sp³-hybridized carbons (Fsp3) is 0.444. The number of aliphatic hydroxyl groups excluding tert-OH is 1. The molecule has 0 unspecified atom stereocenters. The number of likely N-dealkylation sites (tertiary alicyclic amines) is 1. The van der Waals surface area contributed by atoms with E-state index in [-0.39, 0.29) is 37.9 Å². The molecule has 2 aromatic rings. The molecule has 5 bridgehead atoms. The molecule has 3 amide bonds. The van der Waals surface area contributed by atoms with Crippen molar-refractivity contribution in [3.63, 3.8) is 0 Å². The van der Waals surface area contributed by atoms with Gasteiger partial charge in [-0.15, -0.1) is 0 Å². The molecule has 4 aliphatic heterocycles. The van der Waals surface area contributed by atoms with Gasteiger partial charge in [-0.2, -0.15) is 0 Å². The van der Waals surface area contributed by atoms with Crippen LogP contribution in [-0.2, 0) is 28.7 Å². The first kappa shape index (κ1) is 33.1. The van der Waals surface area contributed by atoms with Gasteiger partial charge in [0, 0.05) is 23.1 Å². The number of halogens is 1. The van der Waals surface area contributed by atoms with Crippen molar-refractivity contribution in [3.8, 4) is 0 Å². The average molecular weight is 707 g/mol. The predicted octanol–water partition coefficient (Wildman–Crippen LogP) is 4.03. The molecule has 2 aromatic carbocycles. The van der Waals surface area contributed by atoms with Crippen LogP contribution < -0.4 is 10.2 Å². The second-order valence-electron chi connectivity index (χ2n) is 12.7. The Morgan fingerprint density at radius 3 is 2.43 bits per heavy atom. The SMILES string of the molecule is CC[C@@H](CO)N1C(=O)[C@H]2[C@@H]3C(=O)O[C@H](c4ccccc4)CNC(=O)CC/C=C\CN(c4c(C)cccc4C)C(=O)[C@H]1[C@@]21C=C(Br)[C@@H]3O1. The lowest BCUT2D eigenvalue weighted by atomic mass is 9.74. The van der Waals surface area contributed by atoms with E-state index in [2.05, 4.69) is 21.2 Å². The number of carbonyl (C=O) groups excluding carboxylic acids is 4. The van der Waals surface area contributed by atoms with Crippen molar-refractivity contribution in [2.24, 2.45) is 11.8 Å². The number of amides is 3. The molecular formula is C36H40BrN3O7. The van der Waals surface area contributed by atoms with Crippen molar-refractivity contribution in [2.75, 3.05) is 24.6 Å².